The molecule has 0 N–H and O–H groups in total. The summed E-state index contributed by atoms with van der Waals surface area (Å²) in [5.41, 5.74) is -3.43. The number of rotatable bonds is 9. The van der Waals surface area contributed by atoms with Gasteiger partial charge in [-0.05, 0) is 45.4 Å². The predicted octanol–water partition coefficient (Wildman–Crippen LogP) is 7.03. The van der Waals surface area contributed by atoms with E-state index < -0.39 is 93.7 Å². The van der Waals surface area contributed by atoms with Crippen molar-refractivity contribution in [3.05, 3.63) is 48.0 Å². The largest absolute Gasteiger partial charge is 0.492 e. The van der Waals surface area contributed by atoms with Crippen LogP contribution in [0.4, 0.5) is 42.1 Å². The topological polar surface area (TPSA) is 76.2 Å². The fraction of sp³-hybridized carbons (Fsp3) is 0.552. The number of hydrogen-bond donors (Lipinski definition) is 0. The lowest BCUT2D eigenvalue weighted by atomic mass is 9.66. The van der Waals surface area contributed by atoms with Crippen molar-refractivity contribution in [1.82, 2.24) is 4.31 Å². The molecule has 244 valence electrons. The second-order valence-electron chi connectivity index (χ2n) is 11.8. The molecule has 1 fully saturated rings. The van der Waals surface area contributed by atoms with Crippen LogP contribution in [-0.4, -0.2) is 62.9 Å². The quantitative estimate of drug-likeness (QED) is 0.214. The third kappa shape index (κ3) is 7.08. The van der Waals surface area contributed by atoms with E-state index in [1.165, 1.54) is 30.9 Å². The van der Waals surface area contributed by atoms with Crippen LogP contribution in [0.15, 0.2) is 47.4 Å². The zero-order valence-corrected chi connectivity index (χ0v) is 25.2. The van der Waals surface area contributed by atoms with Gasteiger partial charge in [-0.25, -0.2) is 26.0 Å². The molecular formula is C29H33F7N2O5S. The molecule has 15 heteroatoms. The number of sulfonamides is 1. The Morgan fingerprint density at radius 2 is 1.68 bits per heavy atom. The Morgan fingerprint density at radius 1 is 1.07 bits per heavy atom. The molecule has 2 aromatic carbocycles. The van der Waals surface area contributed by atoms with Gasteiger partial charge in [-0.3, -0.25) is 4.79 Å². The second kappa shape index (κ2) is 11.7. The van der Waals surface area contributed by atoms with Crippen molar-refractivity contribution in [2.45, 2.75) is 81.5 Å². The molecule has 2 aliphatic rings. The van der Waals surface area contributed by atoms with Crippen LogP contribution in [0.5, 0.6) is 5.75 Å². The zero-order chi connectivity index (χ0) is 32.9. The fourth-order valence-electron chi connectivity index (χ4n) is 5.43. The maximum absolute atomic E-state index is 14.5. The Balaban J connectivity index is 1.84. The summed E-state index contributed by atoms with van der Waals surface area (Å²) in [6.45, 7) is 2.46. The van der Waals surface area contributed by atoms with Crippen molar-refractivity contribution in [2.24, 2.45) is 5.41 Å². The molecule has 1 atom stereocenters. The van der Waals surface area contributed by atoms with Gasteiger partial charge in [-0.15, -0.1) is 0 Å². The van der Waals surface area contributed by atoms with Crippen molar-refractivity contribution in [1.29, 1.82) is 0 Å². The number of anilines is 2. The second-order valence-corrected chi connectivity index (χ2v) is 13.7. The Hall–Kier alpha value is -3.07. The van der Waals surface area contributed by atoms with E-state index in [9.17, 15) is 43.9 Å². The Bertz CT molecular complexity index is 1470. The molecule has 1 saturated carbocycles. The lowest BCUT2D eigenvalue weighted by Gasteiger charge is -2.44. The van der Waals surface area contributed by atoms with Crippen molar-refractivity contribution in [3.8, 4) is 5.75 Å². The maximum atomic E-state index is 14.5. The molecule has 1 aliphatic heterocycles. The third-order valence-corrected chi connectivity index (χ3v) is 9.62. The monoisotopic (exact) mass is 654 g/mol. The number of ether oxygens (including phenoxy) is 2. The Labute approximate surface area is 251 Å². The number of halogens is 7. The van der Waals surface area contributed by atoms with E-state index in [4.69, 9.17) is 9.47 Å². The summed E-state index contributed by atoms with van der Waals surface area (Å²) in [7, 11) is -3.46. The fourth-order valence-corrected chi connectivity index (χ4v) is 6.99. The molecule has 7 nitrogen and oxygen atoms in total. The van der Waals surface area contributed by atoms with E-state index in [1.807, 2.05) is 0 Å². The number of carbonyl (C=O) groups excluding carboxylic acids is 1. The van der Waals surface area contributed by atoms with Gasteiger partial charge in [0.25, 0.3) is 5.92 Å². The van der Waals surface area contributed by atoms with Crippen molar-refractivity contribution >= 4 is 27.4 Å². The van der Waals surface area contributed by atoms with E-state index in [0.29, 0.717) is 24.7 Å². The number of hydrogen-bond acceptors (Lipinski definition) is 6. The van der Waals surface area contributed by atoms with Gasteiger partial charge in [0, 0.05) is 50.7 Å². The number of para-hydroxylation sites is 1. The van der Waals surface area contributed by atoms with Gasteiger partial charge >= 0.3 is 12.1 Å². The molecular weight excluding hydrogens is 621 g/mol. The number of nitrogens with zero attached hydrogens (tertiary/aromatic N) is 2. The van der Waals surface area contributed by atoms with E-state index in [0.717, 1.165) is 11.4 Å². The molecule has 0 amide bonds. The van der Waals surface area contributed by atoms with Gasteiger partial charge in [0.05, 0.1) is 17.4 Å². The molecule has 4 rings (SSSR count). The summed E-state index contributed by atoms with van der Waals surface area (Å²) in [5.74, 6) is -8.46. The van der Waals surface area contributed by atoms with Crippen LogP contribution in [-0.2, 0) is 25.7 Å². The van der Waals surface area contributed by atoms with Gasteiger partial charge < -0.3 is 14.4 Å². The van der Waals surface area contributed by atoms with Crippen LogP contribution in [0, 0.1) is 5.41 Å². The van der Waals surface area contributed by atoms with Crippen LogP contribution in [0.25, 0.3) is 0 Å². The van der Waals surface area contributed by atoms with E-state index in [2.05, 4.69) is 0 Å². The first-order valence-electron chi connectivity index (χ1n) is 13.8. The highest BCUT2D eigenvalue weighted by atomic mass is 32.2. The van der Waals surface area contributed by atoms with Crippen molar-refractivity contribution in [3.63, 3.8) is 0 Å². The van der Waals surface area contributed by atoms with Crippen LogP contribution >= 0.6 is 0 Å². The van der Waals surface area contributed by atoms with Crippen molar-refractivity contribution < 1.29 is 53.4 Å². The highest BCUT2D eigenvalue weighted by Crippen LogP contribution is 2.54. The number of benzene rings is 2. The normalized spacial score (nSPS) is 21.3. The highest BCUT2D eigenvalue weighted by Gasteiger charge is 2.62. The van der Waals surface area contributed by atoms with Gasteiger partial charge in [0.15, 0.2) is 0 Å². The lowest BCUT2D eigenvalue weighted by Crippen LogP contribution is -2.55. The summed E-state index contributed by atoms with van der Waals surface area (Å²) in [4.78, 5) is 13.4. The molecule has 1 aliphatic carbocycles. The minimum Gasteiger partial charge on any atom is -0.492 e. The SMILES string of the molecule is CC(C)OC(=O)C1(COc2cc3c(cc2C(F)(F)F)N(c2ccccc2)C[C@@H](CCC(C)(F)F)N(C)S3(=O)=O)CC(F)(F)C1. The molecule has 0 unspecified atom stereocenters. The van der Waals surface area contributed by atoms with Gasteiger partial charge in [0.1, 0.15) is 22.7 Å². The zero-order valence-electron chi connectivity index (χ0n) is 24.4. The van der Waals surface area contributed by atoms with Gasteiger partial charge in [-0.1, -0.05) is 18.2 Å². The van der Waals surface area contributed by atoms with E-state index >= 15 is 0 Å². The first-order chi connectivity index (χ1) is 20.2. The molecule has 0 aromatic heterocycles. The van der Waals surface area contributed by atoms with Gasteiger partial charge in [-0.2, -0.15) is 17.5 Å². The Kier molecular flexibility index (Phi) is 8.99. The van der Waals surface area contributed by atoms with Crippen LogP contribution in [0.3, 0.4) is 0 Å². The minimum absolute atomic E-state index is 0.250. The van der Waals surface area contributed by atoms with Gasteiger partial charge in [0.2, 0.25) is 15.9 Å². The number of likely N-dealkylation sites (N-methyl/N-ethyl adjacent to an activating group) is 1. The molecule has 1 heterocycles. The summed E-state index contributed by atoms with van der Waals surface area (Å²) in [6.07, 6.45) is -8.84. The average Bonchev–Trinajstić information content (AvgIpc) is 2.96. The summed E-state index contributed by atoms with van der Waals surface area (Å²) in [5, 5.41) is 0. The predicted molar refractivity (Wildman–Crippen MR) is 147 cm³/mol. The van der Waals surface area contributed by atoms with E-state index in [1.54, 1.807) is 18.2 Å². The number of alkyl halides is 7. The number of esters is 1. The molecule has 2 aromatic rings. The van der Waals surface area contributed by atoms with Crippen LogP contribution in [0.1, 0.15) is 52.0 Å². The summed E-state index contributed by atoms with van der Waals surface area (Å²) < 4.78 is 138. The first-order valence-corrected chi connectivity index (χ1v) is 15.2. The summed E-state index contributed by atoms with van der Waals surface area (Å²) >= 11 is 0. The molecule has 0 saturated heterocycles. The lowest BCUT2D eigenvalue weighted by molar-refractivity contribution is -0.207. The Morgan fingerprint density at radius 3 is 2.20 bits per heavy atom. The molecule has 0 radical (unpaired) electrons. The molecule has 0 bridgehead atoms. The number of fused-ring (bicyclic) bond motifs is 1. The smallest absolute Gasteiger partial charge is 0.420 e. The van der Waals surface area contributed by atoms with Crippen LogP contribution < -0.4 is 9.64 Å². The maximum Gasteiger partial charge on any atom is 0.420 e. The number of carbonyl (C=O) groups is 1. The third-order valence-electron chi connectivity index (χ3n) is 7.68. The summed E-state index contributed by atoms with van der Waals surface area (Å²) in [6, 6.07) is 8.03. The minimum atomic E-state index is -5.10. The highest BCUT2D eigenvalue weighted by molar-refractivity contribution is 7.89. The average molecular weight is 655 g/mol. The standard InChI is InChI=1S/C29H33F7N2O5S/c1-18(2)43-25(39)27(15-28(32,33)16-27)17-42-23-13-24-22(12-21(23)29(34,35)36)38(19-8-6-5-7-9-19)14-20(10-11-26(3,30)31)37(4)44(24,40)41/h5-9,12-13,18,20H,10-11,14-17H2,1-4H3/t20-/m1/s1. The van der Waals surface area contributed by atoms with Crippen LogP contribution in [0.2, 0.25) is 0 Å². The molecule has 0 spiro atoms. The van der Waals surface area contributed by atoms with Crippen molar-refractivity contribution in [2.75, 3.05) is 25.1 Å². The molecule has 44 heavy (non-hydrogen) atoms. The first kappa shape index (κ1) is 33.8. The van der Waals surface area contributed by atoms with E-state index in [-0.39, 0.29) is 18.7 Å².